The molecule has 0 bridgehead atoms. The molecule has 0 aliphatic heterocycles. The molecular formula is C8H8N3O7P. The number of non-ortho nitro benzene ring substituents is 1. The lowest BCUT2D eigenvalue weighted by Crippen LogP contribution is -2.15. The number of hydrogen-bond donors (Lipinski definition) is 4. The summed E-state index contributed by atoms with van der Waals surface area (Å²) < 4.78 is 10.8. The van der Waals surface area contributed by atoms with E-state index in [1.54, 1.807) is 0 Å². The Balaban J connectivity index is 2.93. The fourth-order valence-electron chi connectivity index (χ4n) is 1.01. The Hall–Kier alpha value is -2.29. The molecule has 11 heteroatoms. The summed E-state index contributed by atoms with van der Waals surface area (Å²) in [6.45, 7) is 0. The highest BCUT2D eigenvalue weighted by molar-refractivity contribution is 7.73. The molecule has 0 aliphatic rings. The summed E-state index contributed by atoms with van der Waals surface area (Å²) in [7, 11) is -5.01. The van der Waals surface area contributed by atoms with Crippen molar-refractivity contribution in [3.63, 3.8) is 0 Å². The molecule has 0 radical (unpaired) electrons. The van der Waals surface area contributed by atoms with Crippen molar-refractivity contribution in [2.24, 2.45) is 5.10 Å². The first-order chi connectivity index (χ1) is 8.71. The Morgan fingerprint density at radius 3 is 2.21 bits per heavy atom. The normalized spacial score (nSPS) is 12.0. The third-order valence-corrected chi connectivity index (χ3v) is 2.68. The molecule has 0 amide bonds. The quantitative estimate of drug-likeness (QED) is 0.264. The van der Waals surface area contributed by atoms with Gasteiger partial charge in [0.25, 0.3) is 11.1 Å². The van der Waals surface area contributed by atoms with Gasteiger partial charge in [0.05, 0.1) is 10.6 Å². The lowest BCUT2D eigenvalue weighted by molar-refractivity contribution is -0.384. The summed E-state index contributed by atoms with van der Waals surface area (Å²) in [5, 5.41) is 22.0. The number of anilines is 1. The molecule has 0 spiro atoms. The van der Waals surface area contributed by atoms with E-state index in [9.17, 15) is 19.5 Å². The minimum Gasteiger partial charge on any atom is -0.476 e. The molecule has 0 fully saturated rings. The fourth-order valence-corrected chi connectivity index (χ4v) is 1.44. The summed E-state index contributed by atoms with van der Waals surface area (Å²) in [6.07, 6.45) is 0. The van der Waals surface area contributed by atoms with Crippen molar-refractivity contribution in [2.75, 3.05) is 5.43 Å². The molecule has 10 nitrogen and oxygen atoms in total. The van der Waals surface area contributed by atoms with Crippen LogP contribution < -0.4 is 5.43 Å². The van der Waals surface area contributed by atoms with Crippen LogP contribution >= 0.6 is 7.60 Å². The summed E-state index contributed by atoms with van der Waals surface area (Å²) >= 11 is 0. The van der Waals surface area contributed by atoms with Gasteiger partial charge in [-0.3, -0.25) is 20.1 Å². The zero-order valence-corrected chi connectivity index (χ0v) is 10.0. The molecule has 4 N–H and O–H groups in total. The van der Waals surface area contributed by atoms with E-state index in [0.29, 0.717) is 0 Å². The molecule has 1 aromatic carbocycles. The van der Waals surface area contributed by atoms with Crippen LogP contribution in [-0.4, -0.2) is 31.2 Å². The van der Waals surface area contributed by atoms with E-state index in [2.05, 4.69) is 10.5 Å². The first-order valence-electron chi connectivity index (χ1n) is 4.59. The summed E-state index contributed by atoms with van der Waals surface area (Å²) in [4.78, 5) is 37.7. The maximum atomic E-state index is 10.8. The average Bonchev–Trinajstić information content (AvgIpc) is 2.27. The largest absolute Gasteiger partial charge is 0.476 e. The second kappa shape index (κ2) is 5.57. The molecule has 0 aliphatic carbocycles. The molecular weight excluding hydrogens is 281 g/mol. The topological polar surface area (TPSA) is 162 Å². The van der Waals surface area contributed by atoms with Gasteiger partial charge in [-0.1, -0.05) is 0 Å². The second-order valence-electron chi connectivity index (χ2n) is 3.20. The summed E-state index contributed by atoms with van der Waals surface area (Å²) in [5.74, 6) is -1.87. The van der Waals surface area contributed by atoms with Gasteiger partial charge in [-0.05, 0) is 12.1 Å². The van der Waals surface area contributed by atoms with Crippen molar-refractivity contribution in [3.05, 3.63) is 34.4 Å². The Morgan fingerprint density at radius 1 is 1.32 bits per heavy atom. The van der Waals surface area contributed by atoms with E-state index in [4.69, 9.17) is 14.9 Å². The minimum absolute atomic E-state index is 0.137. The zero-order chi connectivity index (χ0) is 14.6. The third-order valence-electron chi connectivity index (χ3n) is 1.84. The Bertz CT molecular complexity index is 577. The van der Waals surface area contributed by atoms with E-state index in [-0.39, 0.29) is 11.4 Å². The van der Waals surface area contributed by atoms with Crippen LogP contribution in [0.5, 0.6) is 0 Å². The number of nitro benzene ring substituents is 1. The highest BCUT2D eigenvalue weighted by Crippen LogP contribution is 2.36. The number of nitro groups is 1. The molecule has 0 saturated carbocycles. The van der Waals surface area contributed by atoms with Crippen molar-refractivity contribution >= 4 is 30.4 Å². The van der Waals surface area contributed by atoms with Gasteiger partial charge in [0, 0.05) is 12.1 Å². The Kier molecular flexibility index (Phi) is 4.33. The number of carboxylic acid groups (broad SMARTS) is 1. The van der Waals surface area contributed by atoms with E-state index >= 15 is 0 Å². The number of benzene rings is 1. The van der Waals surface area contributed by atoms with Crippen molar-refractivity contribution < 1.29 is 29.2 Å². The number of rotatable bonds is 5. The van der Waals surface area contributed by atoms with Gasteiger partial charge in [0.15, 0.2) is 0 Å². The molecule has 0 atom stereocenters. The smallest absolute Gasteiger partial charge is 0.383 e. The lowest BCUT2D eigenvalue weighted by atomic mass is 10.3. The van der Waals surface area contributed by atoms with Crippen molar-refractivity contribution in [1.82, 2.24) is 0 Å². The van der Waals surface area contributed by atoms with Crippen LogP contribution in [0.25, 0.3) is 0 Å². The van der Waals surface area contributed by atoms with E-state index in [0.717, 1.165) is 12.1 Å². The molecule has 1 aromatic rings. The van der Waals surface area contributed by atoms with Gasteiger partial charge in [-0.15, -0.1) is 0 Å². The van der Waals surface area contributed by atoms with Gasteiger partial charge in [-0.2, -0.15) is 5.10 Å². The van der Waals surface area contributed by atoms with Crippen molar-refractivity contribution in [3.8, 4) is 0 Å². The standard InChI is InChI=1S/C8H8N3O7P/c12-8(13)7(19(16,17)18)10-9-5-1-3-6(4-2-5)11(14)15/h1-4,9H,(H,12,13)(H2,16,17,18)/b10-7+. The second-order valence-corrected chi connectivity index (χ2v) is 4.71. The van der Waals surface area contributed by atoms with E-state index in [1.807, 2.05) is 0 Å². The monoisotopic (exact) mass is 289 g/mol. The SMILES string of the molecule is O=C(O)/C(=N\Nc1ccc([N+](=O)[O-])cc1)P(=O)(O)O. The predicted octanol–water partition coefficient (Wildman–Crippen LogP) is 0.582. The average molecular weight is 289 g/mol. The maximum absolute atomic E-state index is 10.8. The van der Waals surface area contributed by atoms with Crippen LogP contribution in [0.2, 0.25) is 0 Å². The molecule has 19 heavy (non-hydrogen) atoms. The summed E-state index contributed by atoms with van der Waals surface area (Å²) in [5.41, 5.74) is 0.681. The van der Waals surface area contributed by atoms with Gasteiger partial charge in [0.1, 0.15) is 0 Å². The molecule has 102 valence electrons. The lowest BCUT2D eigenvalue weighted by Gasteiger charge is -2.04. The number of aliphatic carboxylic acids is 1. The number of nitrogens with one attached hydrogen (secondary N) is 1. The number of hydrogen-bond acceptors (Lipinski definition) is 6. The predicted molar refractivity (Wildman–Crippen MR) is 63.8 cm³/mol. The Labute approximate surface area is 105 Å². The van der Waals surface area contributed by atoms with Gasteiger partial charge in [-0.25, -0.2) is 4.79 Å². The zero-order valence-electron chi connectivity index (χ0n) is 9.13. The van der Waals surface area contributed by atoms with Crippen LogP contribution in [-0.2, 0) is 9.36 Å². The molecule has 0 saturated heterocycles. The minimum atomic E-state index is -5.01. The number of nitrogens with zero attached hydrogens (tertiary/aromatic N) is 2. The molecule has 0 aromatic heterocycles. The van der Waals surface area contributed by atoms with Gasteiger partial charge >= 0.3 is 13.6 Å². The van der Waals surface area contributed by atoms with Gasteiger partial charge < -0.3 is 14.9 Å². The van der Waals surface area contributed by atoms with Crippen LogP contribution in [0.3, 0.4) is 0 Å². The highest BCUT2D eigenvalue weighted by atomic mass is 31.2. The van der Waals surface area contributed by atoms with Gasteiger partial charge in [0.2, 0.25) is 0 Å². The molecule has 1 rings (SSSR count). The summed E-state index contributed by atoms with van der Waals surface area (Å²) in [6, 6.07) is 4.66. The van der Waals surface area contributed by atoms with Crippen molar-refractivity contribution in [2.45, 2.75) is 0 Å². The number of hydrazone groups is 1. The molecule has 0 heterocycles. The third kappa shape index (κ3) is 4.14. The van der Waals surface area contributed by atoms with Crippen LogP contribution in [0, 0.1) is 10.1 Å². The number of carboxylic acids is 1. The van der Waals surface area contributed by atoms with Crippen LogP contribution in [0.4, 0.5) is 11.4 Å². The first kappa shape index (κ1) is 14.8. The number of carbonyl (C=O) groups is 1. The highest BCUT2D eigenvalue weighted by Gasteiger charge is 2.30. The van der Waals surface area contributed by atoms with Crippen LogP contribution in [0.15, 0.2) is 29.4 Å². The van der Waals surface area contributed by atoms with E-state index < -0.39 is 23.9 Å². The van der Waals surface area contributed by atoms with Crippen LogP contribution in [0.1, 0.15) is 0 Å². The Morgan fingerprint density at radius 2 is 1.84 bits per heavy atom. The van der Waals surface area contributed by atoms with E-state index in [1.165, 1.54) is 12.1 Å². The van der Waals surface area contributed by atoms with Crippen molar-refractivity contribution in [1.29, 1.82) is 0 Å². The fraction of sp³-hybridized carbons (Fsp3) is 0. The molecule has 0 unspecified atom stereocenters. The first-order valence-corrected chi connectivity index (χ1v) is 6.20. The maximum Gasteiger partial charge on any atom is 0.383 e.